The third-order valence-electron chi connectivity index (χ3n) is 1.92. The van der Waals surface area contributed by atoms with E-state index in [1.54, 1.807) is 11.3 Å². The van der Waals surface area contributed by atoms with Gasteiger partial charge in [0, 0.05) is 5.69 Å². The lowest BCUT2D eigenvalue weighted by molar-refractivity contribution is 0.913. The molecule has 0 aliphatic carbocycles. The van der Waals surface area contributed by atoms with Gasteiger partial charge in [-0.3, -0.25) is 0 Å². The molecule has 0 fully saturated rings. The molecule has 0 bridgehead atoms. The van der Waals surface area contributed by atoms with E-state index in [9.17, 15) is 0 Å². The number of hydrogen-bond donors (Lipinski definition) is 1. The monoisotopic (exact) mass is 192 g/mol. The van der Waals surface area contributed by atoms with E-state index in [1.807, 2.05) is 18.2 Å². The molecule has 1 heterocycles. The zero-order valence-corrected chi connectivity index (χ0v) is 8.40. The molecule has 0 saturated carbocycles. The summed E-state index contributed by atoms with van der Waals surface area (Å²) >= 11 is 1.76. The van der Waals surface area contributed by atoms with Crippen molar-refractivity contribution < 1.29 is 0 Å². The molecule has 68 valence electrons. The Kier molecular flexibility index (Phi) is 2.19. The van der Waals surface area contributed by atoms with Crippen LogP contribution in [0.25, 0.3) is 10.2 Å². The highest BCUT2D eigenvalue weighted by Crippen LogP contribution is 2.24. The molecule has 2 aromatic rings. The maximum absolute atomic E-state index is 5.67. The fourth-order valence-electron chi connectivity index (χ4n) is 1.31. The fourth-order valence-corrected chi connectivity index (χ4v) is 2.36. The van der Waals surface area contributed by atoms with Crippen LogP contribution in [0.4, 0.5) is 5.69 Å². The van der Waals surface area contributed by atoms with Crippen LogP contribution in [0, 0.1) is 0 Å². The number of aromatic nitrogens is 1. The lowest BCUT2D eigenvalue weighted by Gasteiger charge is -1.89. The highest BCUT2D eigenvalue weighted by atomic mass is 32.1. The fraction of sp³-hybridized carbons (Fsp3) is 0.300. The number of hydrogen-bond acceptors (Lipinski definition) is 3. The Bertz CT molecular complexity index is 420. The van der Waals surface area contributed by atoms with Gasteiger partial charge < -0.3 is 5.73 Å². The molecule has 2 N–H and O–H groups in total. The third-order valence-corrected chi connectivity index (χ3v) is 3.02. The van der Waals surface area contributed by atoms with Crippen molar-refractivity contribution in [1.29, 1.82) is 0 Å². The van der Waals surface area contributed by atoms with E-state index in [-0.39, 0.29) is 0 Å². The number of fused-ring (bicyclic) bond motifs is 1. The Morgan fingerprint density at radius 1 is 1.46 bits per heavy atom. The molecule has 0 atom stereocenters. The Labute approximate surface area is 81.4 Å². The van der Waals surface area contributed by atoms with Gasteiger partial charge >= 0.3 is 0 Å². The number of thiazole rings is 1. The van der Waals surface area contributed by atoms with E-state index in [1.165, 1.54) is 9.71 Å². The highest BCUT2D eigenvalue weighted by molar-refractivity contribution is 7.18. The van der Waals surface area contributed by atoms with Crippen molar-refractivity contribution in [1.82, 2.24) is 4.98 Å². The maximum Gasteiger partial charge on any atom is 0.0938 e. The predicted molar refractivity (Wildman–Crippen MR) is 58.0 cm³/mol. The molecule has 0 spiro atoms. The van der Waals surface area contributed by atoms with Gasteiger partial charge in [-0.1, -0.05) is 6.92 Å². The Balaban J connectivity index is 2.49. The quantitative estimate of drug-likeness (QED) is 0.743. The zero-order valence-electron chi connectivity index (χ0n) is 7.58. The molecule has 0 aliphatic rings. The summed E-state index contributed by atoms with van der Waals surface area (Å²) in [5.74, 6) is 0. The van der Waals surface area contributed by atoms with Crippen LogP contribution in [-0.2, 0) is 6.42 Å². The molecule has 2 rings (SSSR count). The van der Waals surface area contributed by atoms with E-state index in [2.05, 4.69) is 11.9 Å². The first-order valence-electron chi connectivity index (χ1n) is 4.44. The Hall–Kier alpha value is -1.09. The van der Waals surface area contributed by atoms with Crippen LogP contribution < -0.4 is 5.73 Å². The summed E-state index contributed by atoms with van der Waals surface area (Å²) in [6, 6.07) is 5.91. The normalized spacial score (nSPS) is 10.8. The van der Waals surface area contributed by atoms with E-state index < -0.39 is 0 Å². The van der Waals surface area contributed by atoms with Gasteiger partial charge in [-0.25, -0.2) is 4.98 Å². The van der Waals surface area contributed by atoms with E-state index >= 15 is 0 Å². The van der Waals surface area contributed by atoms with Gasteiger partial charge in [-0.05, 0) is 31.0 Å². The average Bonchev–Trinajstić information content (AvgIpc) is 2.46. The second-order valence-electron chi connectivity index (χ2n) is 3.08. The van der Waals surface area contributed by atoms with Crippen molar-refractivity contribution in [3.63, 3.8) is 0 Å². The second kappa shape index (κ2) is 3.34. The molecule has 13 heavy (non-hydrogen) atoms. The number of anilines is 1. The van der Waals surface area contributed by atoms with Gasteiger partial charge in [0.2, 0.25) is 0 Å². The van der Waals surface area contributed by atoms with E-state index in [0.29, 0.717) is 0 Å². The minimum absolute atomic E-state index is 0.792. The lowest BCUT2D eigenvalue weighted by Crippen LogP contribution is -1.82. The molecule has 1 aromatic carbocycles. The van der Waals surface area contributed by atoms with Crippen LogP contribution in [0.15, 0.2) is 18.2 Å². The van der Waals surface area contributed by atoms with Crippen molar-refractivity contribution in [2.24, 2.45) is 0 Å². The van der Waals surface area contributed by atoms with Crippen molar-refractivity contribution in [2.45, 2.75) is 19.8 Å². The summed E-state index contributed by atoms with van der Waals surface area (Å²) in [7, 11) is 0. The summed E-state index contributed by atoms with van der Waals surface area (Å²) in [6.45, 7) is 2.17. The number of benzene rings is 1. The van der Waals surface area contributed by atoms with Gasteiger partial charge in [-0.15, -0.1) is 11.3 Å². The first-order valence-corrected chi connectivity index (χ1v) is 5.26. The van der Waals surface area contributed by atoms with Gasteiger partial charge in [0.15, 0.2) is 0 Å². The summed E-state index contributed by atoms with van der Waals surface area (Å²) in [5.41, 5.74) is 7.50. The molecule has 1 aromatic heterocycles. The van der Waals surface area contributed by atoms with Gasteiger partial charge in [0.05, 0.1) is 15.2 Å². The lowest BCUT2D eigenvalue weighted by atomic mass is 10.3. The SMILES string of the molecule is CCCc1nc2cc(N)ccc2s1. The van der Waals surface area contributed by atoms with Crippen LogP contribution in [0.2, 0.25) is 0 Å². The molecule has 3 heteroatoms. The first-order chi connectivity index (χ1) is 6.29. The van der Waals surface area contributed by atoms with Crippen LogP contribution in [-0.4, -0.2) is 4.98 Å². The summed E-state index contributed by atoms with van der Waals surface area (Å²) < 4.78 is 1.23. The summed E-state index contributed by atoms with van der Waals surface area (Å²) in [4.78, 5) is 4.50. The van der Waals surface area contributed by atoms with Crippen LogP contribution in [0.5, 0.6) is 0 Å². The third kappa shape index (κ3) is 1.65. The maximum atomic E-state index is 5.67. The van der Waals surface area contributed by atoms with Gasteiger partial charge in [-0.2, -0.15) is 0 Å². The highest BCUT2D eigenvalue weighted by Gasteiger charge is 2.02. The molecule has 0 saturated heterocycles. The number of aryl methyl sites for hydroxylation is 1. The van der Waals surface area contributed by atoms with Crippen molar-refractivity contribution in [3.05, 3.63) is 23.2 Å². The van der Waals surface area contributed by atoms with Gasteiger partial charge in [0.1, 0.15) is 0 Å². The van der Waals surface area contributed by atoms with Crippen molar-refractivity contribution in [2.75, 3.05) is 5.73 Å². The molecular weight excluding hydrogens is 180 g/mol. The van der Waals surface area contributed by atoms with Crippen molar-refractivity contribution in [3.8, 4) is 0 Å². The van der Waals surface area contributed by atoms with Crippen LogP contribution >= 0.6 is 11.3 Å². The van der Waals surface area contributed by atoms with Gasteiger partial charge in [0.25, 0.3) is 0 Å². The molecular formula is C10H12N2S. The molecule has 0 aliphatic heterocycles. The molecule has 0 radical (unpaired) electrons. The zero-order chi connectivity index (χ0) is 9.26. The van der Waals surface area contributed by atoms with Crippen LogP contribution in [0.1, 0.15) is 18.4 Å². The number of rotatable bonds is 2. The average molecular weight is 192 g/mol. The Morgan fingerprint density at radius 2 is 2.31 bits per heavy atom. The number of nitrogens with zero attached hydrogens (tertiary/aromatic N) is 1. The van der Waals surface area contributed by atoms with Crippen molar-refractivity contribution >= 4 is 27.2 Å². The minimum Gasteiger partial charge on any atom is -0.399 e. The second-order valence-corrected chi connectivity index (χ2v) is 4.20. The van der Waals surface area contributed by atoms with Crippen LogP contribution in [0.3, 0.4) is 0 Å². The number of nitrogen functional groups attached to an aromatic ring is 1. The summed E-state index contributed by atoms with van der Waals surface area (Å²) in [5, 5.41) is 1.21. The largest absolute Gasteiger partial charge is 0.399 e. The van der Waals surface area contributed by atoms with E-state index in [0.717, 1.165) is 24.0 Å². The topological polar surface area (TPSA) is 38.9 Å². The molecule has 2 nitrogen and oxygen atoms in total. The predicted octanol–water partition coefficient (Wildman–Crippen LogP) is 2.83. The molecule has 0 unspecified atom stereocenters. The van der Waals surface area contributed by atoms with E-state index in [4.69, 9.17) is 5.73 Å². The number of nitrogens with two attached hydrogens (primary N) is 1. The molecule has 0 amide bonds. The smallest absolute Gasteiger partial charge is 0.0938 e. The Morgan fingerprint density at radius 3 is 3.08 bits per heavy atom. The summed E-state index contributed by atoms with van der Waals surface area (Å²) in [6.07, 6.45) is 2.22. The standard InChI is InChI=1S/C10H12N2S/c1-2-3-10-12-8-6-7(11)4-5-9(8)13-10/h4-6H,2-3,11H2,1H3. The minimum atomic E-state index is 0.792. The first kappa shape index (κ1) is 8.51.